The molecule has 7 heteroatoms. The van der Waals surface area contributed by atoms with Crippen molar-refractivity contribution in [2.24, 2.45) is 0 Å². The Morgan fingerprint density at radius 1 is 1.29 bits per heavy atom. The molecule has 1 atom stereocenters. The third-order valence-electron chi connectivity index (χ3n) is 4.06. The largest absolute Gasteiger partial charge is 0.507 e. The van der Waals surface area contributed by atoms with Crippen LogP contribution < -0.4 is 4.74 Å². The zero-order chi connectivity index (χ0) is 20.7. The van der Waals surface area contributed by atoms with Gasteiger partial charge in [0, 0.05) is 28.1 Å². The number of pyridine rings is 1. The van der Waals surface area contributed by atoms with E-state index >= 15 is 0 Å². The summed E-state index contributed by atoms with van der Waals surface area (Å²) >= 11 is 1.52. The lowest BCUT2D eigenvalue weighted by atomic mass is 10.0. The number of Topliss-reactive ketones (excluding diaryl/α,β-unsaturated/α-hetero) is 1. The lowest BCUT2D eigenvalue weighted by Crippen LogP contribution is -2.12. The molecule has 0 bridgehead atoms. The number of hydrogen-bond donors (Lipinski definition) is 1. The molecule has 0 saturated carbocycles. The highest BCUT2D eigenvalue weighted by Gasteiger charge is 2.17. The second-order valence-corrected chi connectivity index (χ2v) is 7.90. The Hall–Kier alpha value is -2.54. The van der Waals surface area contributed by atoms with E-state index in [0.717, 1.165) is 11.3 Å². The fourth-order valence-corrected chi connectivity index (χ4v) is 3.63. The van der Waals surface area contributed by atoms with Gasteiger partial charge in [0.05, 0.1) is 18.2 Å². The zero-order valence-corrected chi connectivity index (χ0v) is 17.3. The Morgan fingerprint density at radius 2 is 2.04 bits per heavy atom. The van der Waals surface area contributed by atoms with E-state index in [1.165, 1.54) is 32.0 Å². The van der Waals surface area contributed by atoms with E-state index in [2.05, 4.69) is 4.98 Å². The van der Waals surface area contributed by atoms with Crippen molar-refractivity contribution < 1.29 is 24.2 Å². The number of carbonyl (C=O) groups is 2. The van der Waals surface area contributed by atoms with Gasteiger partial charge in [0.1, 0.15) is 18.1 Å². The molecule has 1 heterocycles. The van der Waals surface area contributed by atoms with Crippen LogP contribution in [-0.2, 0) is 11.2 Å². The van der Waals surface area contributed by atoms with Crippen LogP contribution in [0.1, 0.15) is 53.5 Å². The Labute approximate surface area is 169 Å². The third kappa shape index (κ3) is 5.48. The minimum absolute atomic E-state index is 0.00198. The molecule has 0 radical (unpaired) electrons. The average Bonchev–Trinajstić information content (AvgIpc) is 2.67. The maximum atomic E-state index is 11.7. The highest BCUT2D eigenvalue weighted by atomic mass is 32.2. The molecular weight excluding hydrogens is 378 g/mol. The van der Waals surface area contributed by atoms with Crippen LogP contribution in [0.25, 0.3) is 0 Å². The predicted octanol–water partition coefficient (Wildman–Crippen LogP) is 4.29. The average molecular weight is 404 g/mol. The molecule has 0 aliphatic heterocycles. The maximum Gasteiger partial charge on any atom is 0.339 e. The molecule has 2 rings (SSSR count). The fraction of sp³-hybridized carbons (Fsp3) is 0.381. The number of aromatic nitrogens is 1. The number of esters is 1. The van der Waals surface area contributed by atoms with Crippen molar-refractivity contribution in [1.82, 2.24) is 4.98 Å². The molecule has 2 aromatic rings. The van der Waals surface area contributed by atoms with Crippen molar-refractivity contribution >= 4 is 23.5 Å². The summed E-state index contributed by atoms with van der Waals surface area (Å²) in [6.45, 7) is 5.82. The number of ketones is 1. The van der Waals surface area contributed by atoms with E-state index in [4.69, 9.17) is 9.47 Å². The molecule has 1 aromatic heterocycles. The highest BCUT2D eigenvalue weighted by molar-refractivity contribution is 8.00. The van der Waals surface area contributed by atoms with Crippen molar-refractivity contribution in [3.8, 4) is 11.5 Å². The van der Waals surface area contributed by atoms with E-state index < -0.39 is 5.97 Å². The van der Waals surface area contributed by atoms with Crippen LogP contribution in [0.4, 0.5) is 0 Å². The standard InChI is InChI=1S/C21H25NO5S/c1-5-6-18-19(8-7-17(14(3)23)20(18)24)27-12-13(2)28-16-9-15(10-22-11-16)21(25)26-4/h7-11,13,24H,5-6,12H2,1-4H3. The number of methoxy groups -OCH3 is 1. The molecule has 1 N–H and O–H groups in total. The number of ether oxygens (including phenoxy) is 2. The summed E-state index contributed by atoms with van der Waals surface area (Å²) in [6, 6.07) is 5.06. The van der Waals surface area contributed by atoms with Crippen LogP contribution in [-0.4, -0.2) is 40.8 Å². The predicted molar refractivity (Wildman–Crippen MR) is 108 cm³/mol. The first-order chi connectivity index (χ1) is 13.4. The Kier molecular flexibility index (Phi) is 7.87. The number of nitrogens with zero attached hydrogens (tertiary/aromatic N) is 1. The van der Waals surface area contributed by atoms with Crippen LogP contribution in [0.15, 0.2) is 35.5 Å². The van der Waals surface area contributed by atoms with E-state index in [1.807, 2.05) is 13.8 Å². The van der Waals surface area contributed by atoms with Crippen molar-refractivity contribution in [1.29, 1.82) is 0 Å². The summed E-state index contributed by atoms with van der Waals surface area (Å²) in [5.41, 5.74) is 1.36. The van der Waals surface area contributed by atoms with Gasteiger partial charge in [-0.25, -0.2) is 4.79 Å². The smallest absolute Gasteiger partial charge is 0.339 e. The van der Waals surface area contributed by atoms with Gasteiger partial charge in [0.25, 0.3) is 0 Å². The number of thioether (sulfide) groups is 1. The SMILES string of the molecule is CCCc1c(OCC(C)Sc2cncc(C(=O)OC)c2)ccc(C(C)=O)c1O. The van der Waals surface area contributed by atoms with Crippen LogP contribution >= 0.6 is 11.8 Å². The van der Waals surface area contributed by atoms with Gasteiger partial charge in [-0.1, -0.05) is 13.3 Å². The molecule has 0 aliphatic carbocycles. The summed E-state index contributed by atoms with van der Waals surface area (Å²) in [6.07, 6.45) is 4.59. The molecule has 28 heavy (non-hydrogen) atoms. The number of rotatable bonds is 9. The van der Waals surface area contributed by atoms with Gasteiger partial charge >= 0.3 is 5.97 Å². The summed E-state index contributed by atoms with van der Waals surface area (Å²) in [5.74, 6) is -0.0206. The molecule has 150 valence electrons. The Morgan fingerprint density at radius 3 is 2.68 bits per heavy atom. The second-order valence-electron chi connectivity index (χ2n) is 6.38. The van der Waals surface area contributed by atoms with Crippen LogP contribution in [0.2, 0.25) is 0 Å². The van der Waals surface area contributed by atoms with Gasteiger partial charge in [0.15, 0.2) is 5.78 Å². The summed E-state index contributed by atoms with van der Waals surface area (Å²) in [5, 5.41) is 10.5. The minimum Gasteiger partial charge on any atom is -0.507 e. The van der Waals surface area contributed by atoms with Gasteiger partial charge in [-0.3, -0.25) is 9.78 Å². The third-order valence-corrected chi connectivity index (χ3v) is 5.10. The fourth-order valence-electron chi connectivity index (χ4n) is 2.71. The van der Waals surface area contributed by atoms with E-state index in [9.17, 15) is 14.7 Å². The summed E-state index contributed by atoms with van der Waals surface area (Å²) in [7, 11) is 1.33. The first-order valence-corrected chi connectivity index (χ1v) is 9.93. The number of carbonyl (C=O) groups excluding carboxylic acids is 2. The lowest BCUT2D eigenvalue weighted by Gasteiger charge is -2.17. The monoisotopic (exact) mass is 403 g/mol. The topological polar surface area (TPSA) is 85.7 Å². The van der Waals surface area contributed by atoms with Crippen LogP contribution in [0.5, 0.6) is 11.5 Å². The first kappa shape index (κ1) is 21.8. The quantitative estimate of drug-likeness (QED) is 0.380. The van der Waals surface area contributed by atoms with Gasteiger partial charge in [-0.05, 0) is 38.5 Å². The van der Waals surface area contributed by atoms with Gasteiger partial charge in [0.2, 0.25) is 0 Å². The van der Waals surface area contributed by atoms with Crippen LogP contribution in [0.3, 0.4) is 0 Å². The molecule has 6 nitrogen and oxygen atoms in total. The molecule has 1 aromatic carbocycles. The van der Waals surface area contributed by atoms with Crippen molar-refractivity contribution in [3.63, 3.8) is 0 Å². The molecular formula is C21H25NO5S. The Balaban J connectivity index is 2.08. The van der Waals surface area contributed by atoms with E-state index in [1.54, 1.807) is 24.4 Å². The number of hydrogen-bond acceptors (Lipinski definition) is 7. The zero-order valence-electron chi connectivity index (χ0n) is 16.5. The molecule has 0 amide bonds. The number of phenolic OH excluding ortho intramolecular Hbond substituents is 1. The highest BCUT2D eigenvalue weighted by Crippen LogP contribution is 2.33. The van der Waals surface area contributed by atoms with Crippen molar-refractivity contribution in [2.45, 2.75) is 43.8 Å². The summed E-state index contributed by atoms with van der Waals surface area (Å²) in [4.78, 5) is 28.2. The van der Waals surface area contributed by atoms with E-state index in [-0.39, 0.29) is 16.8 Å². The maximum absolute atomic E-state index is 11.7. The second kappa shape index (κ2) is 10.1. The molecule has 1 unspecified atom stereocenters. The normalized spacial score (nSPS) is 11.7. The van der Waals surface area contributed by atoms with Crippen LogP contribution in [0, 0.1) is 0 Å². The number of benzene rings is 1. The van der Waals surface area contributed by atoms with Gasteiger partial charge < -0.3 is 14.6 Å². The van der Waals surface area contributed by atoms with Gasteiger partial charge in [-0.2, -0.15) is 0 Å². The van der Waals surface area contributed by atoms with Crippen molar-refractivity contribution in [3.05, 3.63) is 47.3 Å². The van der Waals surface area contributed by atoms with E-state index in [0.29, 0.717) is 35.5 Å². The molecule has 0 saturated heterocycles. The number of phenols is 1. The minimum atomic E-state index is -0.427. The van der Waals surface area contributed by atoms with Gasteiger partial charge in [-0.15, -0.1) is 11.8 Å². The Bertz CT molecular complexity index is 853. The number of aromatic hydroxyl groups is 1. The van der Waals surface area contributed by atoms with Crippen molar-refractivity contribution in [2.75, 3.05) is 13.7 Å². The summed E-state index contributed by atoms with van der Waals surface area (Å²) < 4.78 is 10.6. The molecule has 0 spiro atoms. The molecule has 0 aliphatic rings. The first-order valence-electron chi connectivity index (χ1n) is 9.05. The molecule has 0 fully saturated rings. The lowest BCUT2D eigenvalue weighted by molar-refractivity contribution is 0.0599.